The van der Waals surface area contributed by atoms with Gasteiger partial charge in [-0.15, -0.1) is 11.3 Å². The highest BCUT2D eigenvalue weighted by molar-refractivity contribution is 7.09. The van der Waals surface area contributed by atoms with Crippen LogP contribution in [-0.4, -0.2) is 52.8 Å². The second-order valence-corrected chi connectivity index (χ2v) is 5.98. The largest absolute Gasteiger partial charge is 0.340 e. The highest BCUT2D eigenvalue weighted by atomic mass is 32.1. The summed E-state index contributed by atoms with van der Waals surface area (Å²) in [7, 11) is 1.73. The van der Waals surface area contributed by atoms with Gasteiger partial charge >= 0.3 is 6.03 Å². The van der Waals surface area contributed by atoms with Crippen LogP contribution in [-0.2, 0) is 16.1 Å². The third-order valence-corrected chi connectivity index (χ3v) is 4.02. The van der Waals surface area contributed by atoms with E-state index in [1.54, 1.807) is 23.3 Å². The Morgan fingerprint density at radius 2 is 2.29 bits per heavy atom. The molecule has 0 spiro atoms. The lowest BCUT2D eigenvalue weighted by molar-refractivity contribution is -0.131. The van der Waals surface area contributed by atoms with Crippen molar-refractivity contribution < 1.29 is 14.4 Å². The van der Waals surface area contributed by atoms with Crippen molar-refractivity contribution in [2.24, 2.45) is 0 Å². The zero-order chi connectivity index (χ0) is 15.4. The highest BCUT2D eigenvalue weighted by Crippen LogP contribution is 2.11. The molecule has 2 rings (SSSR count). The number of aryl methyl sites for hydroxylation is 1. The van der Waals surface area contributed by atoms with Crippen molar-refractivity contribution in [3.05, 3.63) is 16.1 Å². The molecule has 0 saturated carbocycles. The first kappa shape index (κ1) is 15.4. The predicted molar refractivity (Wildman–Crippen MR) is 77.7 cm³/mol. The maximum absolute atomic E-state index is 12.0. The summed E-state index contributed by atoms with van der Waals surface area (Å²) >= 11 is 1.56. The van der Waals surface area contributed by atoms with Crippen molar-refractivity contribution in [3.8, 4) is 0 Å². The molecule has 0 bridgehead atoms. The summed E-state index contributed by atoms with van der Waals surface area (Å²) in [6.07, 6.45) is 0.773. The number of rotatable bonds is 6. The van der Waals surface area contributed by atoms with Crippen molar-refractivity contribution >= 4 is 29.2 Å². The summed E-state index contributed by atoms with van der Waals surface area (Å²) in [6.45, 7) is 2.73. The molecule has 0 radical (unpaired) electrons. The lowest BCUT2D eigenvalue weighted by Crippen LogP contribution is -2.33. The molecule has 1 aliphatic heterocycles. The van der Waals surface area contributed by atoms with Gasteiger partial charge in [0.1, 0.15) is 0 Å². The molecule has 4 amide bonds. The van der Waals surface area contributed by atoms with Gasteiger partial charge in [-0.25, -0.2) is 9.78 Å². The molecule has 1 saturated heterocycles. The Morgan fingerprint density at radius 3 is 2.86 bits per heavy atom. The van der Waals surface area contributed by atoms with E-state index in [0.29, 0.717) is 19.4 Å². The van der Waals surface area contributed by atoms with Crippen molar-refractivity contribution in [3.63, 3.8) is 0 Å². The Hall–Kier alpha value is -1.96. The Morgan fingerprint density at radius 1 is 1.52 bits per heavy atom. The van der Waals surface area contributed by atoms with E-state index in [-0.39, 0.29) is 30.9 Å². The van der Waals surface area contributed by atoms with E-state index < -0.39 is 0 Å². The van der Waals surface area contributed by atoms with Gasteiger partial charge in [0.25, 0.3) is 0 Å². The van der Waals surface area contributed by atoms with E-state index in [1.807, 2.05) is 12.3 Å². The molecule has 8 heteroatoms. The van der Waals surface area contributed by atoms with Gasteiger partial charge < -0.3 is 10.2 Å². The number of aromatic nitrogens is 1. The molecule has 1 aromatic rings. The summed E-state index contributed by atoms with van der Waals surface area (Å²) in [5.74, 6) is -0.258. The van der Waals surface area contributed by atoms with Gasteiger partial charge in [-0.1, -0.05) is 0 Å². The highest BCUT2D eigenvalue weighted by Gasteiger charge is 2.27. The first-order valence-electron chi connectivity index (χ1n) is 6.70. The van der Waals surface area contributed by atoms with Crippen LogP contribution in [0.3, 0.4) is 0 Å². The molecule has 2 heterocycles. The summed E-state index contributed by atoms with van der Waals surface area (Å²) in [4.78, 5) is 41.8. The maximum Gasteiger partial charge on any atom is 0.324 e. The summed E-state index contributed by atoms with van der Waals surface area (Å²) in [5, 5.41) is 5.36. The lowest BCUT2D eigenvalue weighted by atomic mass is 10.2. The molecule has 0 aromatic carbocycles. The van der Waals surface area contributed by atoms with Gasteiger partial charge in [-0.3, -0.25) is 14.5 Å². The van der Waals surface area contributed by atoms with Crippen molar-refractivity contribution in [2.45, 2.75) is 26.3 Å². The second-order valence-electron chi connectivity index (χ2n) is 4.92. The minimum absolute atomic E-state index is 0.0206. The molecule has 0 aliphatic carbocycles. The number of amides is 4. The van der Waals surface area contributed by atoms with Gasteiger partial charge in [0, 0.05) is 25.4 Å². The third kappa shape index (κ3) is 4.01. The standard InChI is InChI=1S/C13H18N4O3S/c1-9-15-10(8-21-9)7-16(2)11(18)4-3-5-17-12(19)6-14-13(17)20/h8H,3-7H2,1-2H3,(H,14,20). The summed E-state index contributed by atoms with van der Waals surface area (Å²) in [5.41, 5.74) is 0.877. The van der Waals surface area contributed by atoms with Gasteiger partial charge in [0.15, 0.2) is 0 Å². The SMILES string of the molecule is Cc1nc(CN(C)C(=O)CCCN2C(=O)CNC2=O)cs1. The third-order valence-electron chi connectivity index (χ3n) is 3.20. The van der Waals surface area contributed by atoms with Crippen LogP contribution in [0.15, 0.2) is 5.38 Å². The Bertz CT molecular complexity index is 541. The summed E-state index contributed by atoms with van der Waals surface area (Å²) in [6, 6.07) is -0.376. The van der Waals surface area contributed by atoms with E-state index in [9.17, 15) is 14.4 Å². The minimum atomic E-state index is -0.376. The van der Waals surface area contributed by atoms with Crippen molar-refractivity contribution in [1.29, 1.82) is 0 Å². The molecular formula is C13H18N4O3S. The average Bonchev–Trinajstić information content (AvgIpc) is 2.98. The fourth-order valence-corrected chi connectivity index (χ4v) is 2.68. The molecule has 0 unspecified atom stereocenters. The minimum Gasteiger partial charge on any atom is -0.340 e. The number of imide groups is 1. The molecule has 1 aromatic heterocycles. The van der Waals surface area contributed by atoms with Crippen LogP contribution in [0.25, 0.3) is 0 Å². The van der Waals surface area contributed by atoms with E-state index in [4.69, 9.17) is 0 Å². The van der Waals surface area contributed by atoms with Crippen LogP contribution in [0.2, 0.25) is 0 Å². The monoisotopic (exact) mass is 310 g/mol. The summed E-state index contributed by atoms with van der Waals surface area (Å²) < 4.78 is 0. The molecule has 1 fully saturated rings. The number of hydrogen-bond acceptors (Lipinski definition) is 5. The van der Waals surface area contributed by atoms with Gasteiger partial charge in [0.05, 0.1) is 23.8 Å². The van der Waals surface area contributed by atoms with E-state index >= 15 is 0 Å². The van der Waals surface area contributed by atoms with Crippen LogP contribution in [0.5, 0.6) is 0 Å². The number of urea groups is 1. The first-order chi connectivity index (χ1) is 9.97. The van der Waals surface area contributed by atoms with Crippen LogP contribution >= 0.6 is 11.3 Å². The number of carbonyl (C=O) groups excluding carboxylic acids is 3. The van der Waals surface area contributed by atoms with Crippen LogP contribution < -0.4 is 5.32 Å². The average molecular weight is 310 g/mol. The fraction of sp³-hybridized carbons (Fsp3) is 0.538. The van der Waals surface area contributed by atoms with E-state index in [0.717, 1.165) is 15.6 Å². The van der Waals surface area contributed by atoms with E-state index in [2.05, 4.69) is 10.3 Å². The normalized spacial score (nSPS) is 14.5. The van der Waals surface area contributed by atoms with Gasteiger partial charge in [-0.2, -0.15) is 0 Å². The van der Waals surface area contributed by atoms with Crippen LogP contribution in [0.1, 0.15) is 23.5 Å². The Labute approximate surface area is 126 Å². The number of hydrogen-bond donors (Lipinski definition) is 1. The number of thiazole rings is 1. The van der Waals surface area contributed by atoms with Crippen LogP contribution in [0.4, 0.5) is 4.79 Å². The quantitative estimate of drug-likeness (QED) is 0.786. The second kappa shape index (κ2) is 6.66. The zero-order valence-corrected chi connectivity index (χ0v) is 12.9. The number of nitrogens with zero attached hydrogens (tertiary/aromatic N) is 3. The molecule has 21 heavy (non-hydrogen) atoms. The van der Waals surface area contributed by atoms with Crippen LogP contribution in [0, 0.1) is 6.92 Å². The lowest BCUT2D eigenvalue weighted by Gasteiger charge is -2.17. The van der Waals surface area contributed by atoms with E-state index in [1.165, 1.54) is 0 Å². The van der Waals surface area contributed by atoms with Crippen molar-refractivity contribution in [1.82, 2.24) is 20.1 Å². The van der Waals surface area contributed by atoms with Gasteiger partial charge in [0.2, 0.25) is 11.8 Å². The maximum atomic E-state index is 12.0. The fourth-order valence-electron chi connectivity index (χ4n) is 2.07. The molecular weight excluding hydrogens is 292 g/mol. The molecule has 0 atom stereocenters. The zero-order valence-electron chi connectivity index (χ0n) is 12.1. The Balaban J connectivity index is 1.74. The van der Waals surface area contributed by atoms with Gasteiger partial charge in [-0.05, 0) is 13.3 Å². The molecule has 1 N–H and O–H groups in total. The number of carbonyl (C=O) groups is 3. The number of nitrogens with one attached hydrogen (secondary N) is 1. The smallest absolute Gasteiger partial charge is 0.324 e. The Kier molecular flexibility index (Phi) is 4.89. The first-order valence-corrected chi connectivity index (χ1v) is 7.58. The molecule has 7 nitrogen and oxygen atoms in total. The predicted octanol–water partition coefficient (Wildman–Crippen LogP) is 0.742. The molecule has 1 aliphatic rings. The molecule has 114 valence electrons. The van der Waals surface area contributed by atoms with Crippen molar-refractivity contribution in [2.75, 3.05) is 20.1 Å². The topological polar surface area (TPSA) is 82.6 Å².